The zero-order chi connectivity index (χ0) is 8.97. The molecule has 0 saturated heterocycles. The molecule has 1 rings (SSSR count). The van der Waals surface area contributed by atoms with Crippen LogP contribution in [0.15, 0.2) is 17.3 Å². The molecular weight excluding hydrogens is 194 g/mol. The molecular formula is C7H10ClN3S. The van der Waals surface area contributed by atoms with E-state index in [0.29, 0.717) is 5.88 Å². The minimum absolute atomic E-state index is 0.496. The molecule has 0 aliphatic heterocycles. The van der Waals surface area contributed by atoms with E-state index in [9.17, 15) is 0 Å². The Morgan fingerprint density at radius 1 is 1.75 bits per heavy atom. The van der Waals surface area contributed by atoms with Crippen LogP contribution in [0.3, 0.4) is 0 Å². The van der Waals surface area contributed by atoms with Gasteiger partial charge in [0.05, 0.1) is 0 Å². The van der Waals surface area contributed by atoms with Crippen molar-refractivity contribution < 1.29 is 0 Å². The monoisotopic (exact) mass is 203 g/mol. The highest BCUT2D eigenvalue weighted by Crippen LogP contribution is 2.15. The summed E-state index contributed by atoms with van der Waals surface area (Å²) >= 11 is 7.10. The number of rotatable bonds is 4. The number of thioether (sulfide) groups is 1. The Labute approximate surface area is 80.6 Å². The van der Waals surface area contributed by atoms with Gasteiger partial charge in [-0.15, -0.1) is 16.7 Å². The fourth-order valence-electron chi connectivity index (χ4n) is 0.592. The van der Waals surface area contributed by atoms with Crippen molar-refractivity contribution in [3.63, 3.8) is 0 Å². The number of hydrogen-bond acceptors (Lipinski definition) is 3. The summed E-state index contributed by atoms with van der Waals surface area (Å²) in [6.45, 7) is 5.64. The molecule has 0 unspecified atom stereocenters. The fraction of sp³-hybridized carbons (Fsp3) is 0.429. The van der Waals surface area contributed by atoms with Crippen LogP contribution in [0.2, 0.25) is 0 Å². The lowest BCUT2D eigenvalue weighted by Gasteiger charge is -1.95. The largest absolute Gasteiger partial charge is 0.262 e. The van der Waals surface area contributed by atoms with E-state index in [1.54, 1.807) is 0 Å². The van der Waals surface area contributed by atoms with Crippen LogP contribution >= 0.6 is 23.4 Å². The topological polar surface area (TPSA) is 41.6 Å². The van der Waals surface area contributed by atoms with E-state index in [2.05, 4.69) is 21.8 Å². The van der Waals surface area contributed by atoms with E-state index < -0.39 is 0 Å². The van der Waals surface area contributed by atoms with Gasteiger partial charge >= 0.3 is 0 Å². The molecule has 1 N–H and O–H groups in total. The van der Waals surface area contributed by atoms with Crippen molar-refractivity contribution in [3.05, 3.63) is 18.0 Å². The van der Waals surface area contributed by atoms with Crippen LogP contribution in [0.25, 0.3) is 0 Å². The summed E-state index contributed by atoms with van der Waals surface area (Å²) in [5, 5.41) is 7.48. The van der Waals surface area contributed by atoms with Gasteiger partial charge in [-0.2, -0.15) is 0 Å². The molecule has 3 nitrogen and oxygen atoms in total. The van der Waals surface area contributed by atoms with Gasteiger partial charge in [-0.05, 0) is 6.92 Å². The van der Waals surface area contributed by atoms with Crippen LogP contribution in [-0.2, 0) is 0 Å². The van der Waals surface area contributed by atoms with E-state index in [1.165, 1.54) is 11.8 Å². The first-order valence-corrected chi connectivity index (χ1v) is 4.99. The number of nitrogens with zero attached hydrogens (tertiary/aromatic N) is 2. The quantitative estimate of drug-likeness (QED) is 0.463. The molecule has 12 heavy (non-hydrogen) atoms. The summed E-state index contributed by atoms with van der Waals surface area (Å²) in [5.41, 5.74) is 0.990. The molecule has 66 valence electrons. The third-order valence-corrected chi connectivity index (χ3v) is 2.54. The molecule has 1 aromatic rings. The number of halogens is 1. The Bertz CT molecular complexity index is 271. The van der Waals surface area contributed by atoms with E-state index in [4.69, 9.17) is 11.6 Å². The number of nitrogens with one attached hydrogen (secondary N) is 1. The Hall–Kier alpha value is -0.480. The van der Waals surface area contributed by atoms with Crippen LogP contribution in [-0.4, -0.2) is 26.8 Å². The lowest BCUT2D eigenvalue weighted by molar-refractivity contribution is 0.970. The molecule has 0 saturated carbocycles. The number of aryl methyl sites for hydroxylation is 1. The Kier molecular flexibility index (Phi) is 3.62. The summed E-state index contributed by atoms with van der Waals surface area (Å²) in [5.74, 6) is 2.10. The first-order valence-electron chi connectivity index (χ1n) is 3.47. The standard InChI is InChI=1S/C7H10ClN3S/c1-5(3-8)4-12-7-9-6(2)10-11-7/h1,3-4H2,2H3,(H,9,10,11). The lowest BCUT2D eigenvalue weighted by atomic mass is 10.4. The summed E-state index contributed by atoms with van der Waals surface area (Å²) in [4.78, 5) is 4.13. The summed E-state index contributed by atoms with van der Waals surface area (Å²) < 4.78 is 0. The first-order chi connectivity index (χ1) is 5.72. The predicted molar refractivity (Wildman–Crippen MR) is 51.7 cm³/mol. The van der Waals surface area contributed by atoms with Gasteiger partial charge < -0.3 is 0 Å². The molecule has 0 aliphatic carbocycles. The van der Waals surface area contributed by atoms with Gasteiger partial charge in [-0.1, -0.05) is 23.9 Å². The van der Waals surface area contributed by atoms with Crippen molar-refractivity contribution in [3.8, 4) is 0 Å². The SMILES string of the molecule is C=C(CCl)CSc1n[nH]c(C)n1. The van der Waals surface area contributed by atoms with Gasteiger partial charge in [0.25, 0.3) is 0 Å². The van der Waals surface area contributed by atoms with Crippen LogP contribution in [0.1, 0.15) is 5.82 Å². The highest BCUT2D eigenvalue weighted by Gasteiger charge is 2.00. The van der Waals surface area contributed by atoms with Gasteiger partial charge in [0.1, 0.15) is 5.82 Å². The third kappa shape index (κ3) is 2.87. The minimum Gasteiger partial charge on any atom is -0.262 e. The highest BCUT2D eigenvalue weighted by atomic mass is 35.5. The number of aromatic nitrogens is 3. The normalized spacial score (nSPS) is 10.2. The van der Waals surface area contributed by atoms with Crippen molar-refractivity contribution in [1.29, 1.82) is 0 Å². The fourth-order valence-corrected chi connectivity index (χ4v) is 1.55. The zero-order valence-corrected chi connectivity index (χ0v) is 8.37. The van der Waals surface area contributed by atoms with Crippen molar-refractivity contribution in [2.75, 3.05) is 11.6 Å². The molecule has 0 radical (unpaired) electrons. The van der Waals surface area contributed by atoms with Crippen molar-refractivity contribution in [1.82, 2.24) is 15.2 Å². The second-order valence-corrected chi connectivity index (χ2v) is 3.59. The van der Waals surface area contributed by atoms with Gasteiger partial charge in [0, 0.05) is 11.6 Å². The predicted octanol–water partition coefficient (Wildman–Crippen LogP) is 2.00. The lowest BCUT2D eigenvalue weighted by Crippen LogP contribution is -1.87. The van der Waals surface area contributed by atoms with Crippen molar-refractivity contribution >= 4 is 23.4 Å². The van der Waals surface area contributed by atoms with Gasteiger partial charge in [0.2, 0.25) is 5.16 Å². The molecule has 0 fully saturated rings. The Balaban J connectivity index is 2.38. The smallest absolute Gasteiger partial charge is 0.208 e. The van der Waals surface area contributed by atoms with Crippen molar-refractivity contribution in [2.45, 2.75) is 12.1 Å². The molecule has 0 spiro atoms. The minimum atomic E-state index is 0.496. The van der Waals surface area contributed by atoms with Crippen LogP contribution < -0.4 is 0 Å². The Morgan fingerprint density at radius 2 is 2.50 bits per heavy atom. The van der Waals surface area contributed by atoms with E-state index in [1.807, 2.05) is 6.92 Å². The highest BCUT2D eigenvalue weighted by molar-refractivity contribution is 7.99. The van der Waals surface area contributed by atoms with E-state index in [-0.39, 0.29) is 0 Å². The second kappa shape index (κ2) is 4.52. The number of hydrogen-bond donors (Lipinski definition) is 1. The summed E-state index contributed by atoms with van der Waals surface area (Å²) in [7, 11) is 0. The van der Waals surface area contributed by atoms with Crippen LogP contribution in [0.4, 0.5) is 0 Å². The third-order valence-electron chi connectivity index (χ3n) is 1.17. The summed E-state index contributed by atoms with van der Waals surface area (Å²) in [6.07, 6.45) is 0. The number of H-pyrrole nitrogens is 1. The molecule has 0 aliphatic rings. The second-order valence-electron chi connectivity index (χ2n) is 2.38. The first kappa shape index (κ1) is 9.61. The van der Waals surface area contributed by atoms with Gasteiger partial charge in [-0.25, -0.2) is 4.98 Å². The number of alkyl halides is 1. The Morgan fingerprint density at radius 3 is 3.00 bits per heavy atom. The van der Waals surface area contributed by atoms with Crippen LogP contribution in [0, 0.1) is 6.92 Å². The maximum atomic E-state index is 5.56. The number of aromatic amines is 1. The molecule has 0 amide bonds. The van der Waals surface area contributed by atoms with E-state index in [0.717, 1.165) is 22.3 Å². The molecule has 0 aromatic carbocycles. The molecule has 0 atom stereocenters. The maximum absolute atomic E-state index is 5.56. The van der Waals surface area contributed by atoms with Gasteiger partial charge in [-0.3, -0.25) is 5.10 Å². The molecule has 5 heteroatoms. The summed E-state index contributed by atoms with van der Waals surface area (Å²) in [6, 6.07) is 0. The molecule has 0 bridgehead atoms. The average Bonchev–Trinajstić information content (AvgIpc) is 2.47. The zero-order valence-electron chi connectivity index (χ0n) is 6.80. The van der Waals surface area contributed by atoms with Gasteiger partial charge in [0.15, 0.2) is 0 Å². The van der Waals surface area contributed by atoms with E-state index >= 15 is 0 Å². The average molecular weight is 204 g/mol. The van der Waals surface area contributed by atoms with Crippen LogP contribution in [0.5, 0.6) is 0 Å². The maximum Gasteiger partial charge on any atom is 0.208 e. The molecule has 1 aromatic heterocycles. The molecule has 1 heterocycles. The van der Waals surface area contributed by atoms with Crippen molar-refractivity contribution in [2.24, 2.45) is 0 Å².